The zero-order valence-corrected chi connectivity index (χ0v) is 14.6. The molecule has 3 rings (SSSR count). The fourth-order valence-electron chi connectivity index (χ4n) is 3.14. The van der Waals surface area contributed by atoms with E-state index < -0.39 is 0 Å². The van der Waals surface area contributed by atoms with Gasteiger partial charge in [-0.3, -0.25) is 0 Å². The van der Waals surface area contributed by atoms with Crippen LogP contribution in [0.1, 0.15) is 24.4 Å². The highest BCUT2D eigenvalue weighted by Crippen LogP contribution is 2.19. The van der Waals surface area contributed by atoms with Crippen molar-refractivity contribution in [1.29, 1.82) is 0 Å². The highest BCUT2D eigenvalue weighted by molar-refractivity contribution is 5.89. The number of hydrogen-bond donors (Lipinski definition) is 2. The smallest absolute Gasteiger partial charge is 0.319 e. The molecule has 5 heteroatoms. The molecule has 5 nitrogen and oxygen atoms in total. The van der Waals surface area contributed by atoms with E-state index in [0.29, 0.717) is 0 Å². The van der Waals surface area contributed by atoms with Crippen molar-refractivity contribution in [3.63, 3.8) is 0 Å². The second kappa shape index (κ2) is 8.53. The number of amides is 2. The van der Waals surface area contributed by atoms with E-state index in [1.807, 2.05) is 42.5 Å². The first-order valence-corrected chi connectivity index (χ1v) is 8.73. The molecule has 1 aliphatic rings. The second-order valence-electron chi connectivity index (χ2n) is 6.30. The molecule has 2 N–H and O–H groups in total. The molecule has 0 bridgehead atoms. The van der Waals surface area contributed by atoms with Crippen molar-refractivity contribution in [1.82, 2.24) is 10.2 Å². The minimum atomic E-state index is -0.196. The summed E-state index contributed by atoms with van der Waals surface area (Å²) in [5.41, 5.74) is 1.87. The Labute approximate surface area is 149 Å². The standard InChI is InChI=1S/C20H25N3O2/c1-25-18-11-9-17(10-12-18)21-20(24)22-19(15-23-13-5-6-14-23)16-7-3-2-4-8-16/h2-4,7-12,19H,5-6,13-15H2,1H3,(H2,21,22,24). The van der Waals surface area contributed by atoms with E-state index >= 15 is 0 Å². The van der Waals surface area contributed by atoms with E-state index in [1.54, 1.807) is 7.11 Å². The van der Waals surface area contributed by atoms with Crippen LogP contribution < -0.4 is 15.4 Å². The number of benzene rings is 2. The Balaban J connectivity index is 1.64. The van der Waals surface area contributed by atoms with Crippen LogP contribution in [0, 0.1) is 0 Å². The zero-order chi connectivity index (χ0) is 17.5. The second-order valence-corrected chi connectivity index (χ2v) is 6.30. The maximum atomic E-state index is 12.5. The van der Waals surface area contributed by atoms with Crippen LogP contribution in [-0.2, 0) is 0 Å². The van der Waals surface area contributed by atoms with Gasteiger partial charge in [-0.05, 0) is 55.8 Å². The van der Waals surface area contributed by atoms with Crippen molar-refractivity contribution in [2.75, 3.05) is 32.1 Å². The summed E-state index contributed by atoms with van der Waals surface area (Å²) < 4.78 is 5.14. The quantitative estimate of drug-likeness (QED) is 0.844. The molecule has 0 aliphatic carbocycles. The van der Waals surface area contributed by atoms with E-state index in [9.17, 15) is 4.79 Å². The number of likely N-dealkylation sites (tertiary alicyclic amines) is 1. The lowest BCUT2D eigenvalue weighted by atomic mass is 10.1. The number of ether oxygens (including phenoxy) is 1. The lowest BCUT2D eigenvalue weighted by molar-refractivity contribution is 0.240. The Hall–Kier alpha value is -2.53. The van der Waals surface area contributed by atoms with E-state index in [-0.39, 0.29) is 12.1 Å². The minimum absolute atomic E-state index is 0.0300. The Morgan fingerprint density at radius 3 is 2.40 bits per heavy atom. The zero-order valence-electron chi connectivity index (χ0n) is 14.6. The third kappa shape index (κ3) is 4.97. The molecular formula is C20H25N3O2. The monoisotopic (exact) mass is 339 g/mol. The molecule has 0 saturated carbocycles. The summed E-state index contributed by atoms with van der Waals surface area (Å²) in [4.78, 5) is 14.9. The highest BCUT2D eigenvalue weighted by atomic mass is 16.5. The van der Waals surface area contributed by atoms with Gasteiger partial charge in [-0.1, -0.05) is 30.3 Å². The molecule has 1 atom stereocenters. The Bertz CT molecular complexity index is 667. The summed E-state index contributed by atoms with van der Waals surface area (Å²) in [5.74, 6) is 0.766. The van der Waals surface area contributed by atoms with Crippen LogP contribution in [0.15, 0.2) is 54.6 Å². The largest absolute Gasteiger partial charge is 0.497 e. The lowest BCUT2D eigenvalue weighted by Gasteiger charge is -2.25. The number of carbonyl (C=O) groups excluding carboxylic acids is 1. The van der Waals surface area contributed by atoms with Crippen molar-refractivity contribution in [2.45, 2.75) is 18.9 Å². The molecule has 0 aromatic heterocycles. The molecule has 132 valence electrons. The van der Waals surface area contributed by atoms with Gasteiger partial charge in [0.15, 0.2) is 0 Å². The maximum absolute atomic E-state index is 12.5. The van der Waals surface area contributed by atoms with Crippen LogP contribution in [-0.4, -0.2) is 37.7 Å². The fraction of sp³-hybridized carbons (Fsp3) is 0.350. The number of methoxy groups -OCH3 is 1. The number of rotatable bonds is 6. The fourth-order valence-corrected chi connectivity index (χ4v) is 3.14. The molecule has 2 aromatic carbocycles. The summed E-state index contributed by atoms with van der Waals surface area (Å²) in [5, 5.41) is 6.01. The summed E-state index contributed by atoms with van der Waals surface area (Å²) in [7, 11) is 1.62. The first kappa shape index (κ1) is 17.3. The molecule has 2 aromatic rings. The third-order valence-corrected chi connectivity index (χ3v) is 4.49. The highest BCUT2D eigenvalue weighted by Gasteiger charge is 2.20. The third-order valence-electron chi connectivity index (χ3n) is 4.49. The number of anilines is 1. The van der Waals surface area contributed by atoms with Gasteiger partial charge in [-0.25, -0.2) is 4.79 Å². The lowest BCUT2D eigenvalue weighted by Crippen LogP contribution is -2.39. The maximum Gasteiger partial charge on any atom is 0.319 e. The predicted molar refractivity (Wildman–Crippen MR) is 100 cm³/mol. The summed E-state index contributed by atoms with van der Waals surface area (Å²) in [6.07, 6.45) is 2.47. The van der Waals surface area contributed by atoms with Gasteiger partial charge in [0.2, 0.25) is 0 Å². The molecule has 25 heavy (non-hydrogen) atoms. The van der Waals surface area contributed by atoms with E-state index in [4.69, 9.17) is 4.74 Å². The van der Waals surface area contributed by atoms with Gasteiger partial charge in [0.25, 0.3) is 0 Å². The van der Waals surface area contributed by atoms with Crippen LogP contribution in [0.5, 0.6) is 5.75 Å². The van der Waals surface area contributed by atoms with E-state index in [1.165, 1.54) is 12.8 Å². The van der Waals surface area contributed by atoms with Gasteiger partial charge in [0.1, 0.15) is 5.75 Å². The topological polar surface area (TPSA) is 53.6 Å². The van der Waals surface area contributed by atoms with Crippen molar-refractivity contribution in [2.24, 2.45) is 0 Å². The van der Waals surface area contributed by atoms with Crippen molar-refractivity contribution >= 4 is 11.7 Å². The molecule has 1 heterocycles. The molecular weight excluding hydrogens is 314 g/mol. The molecule has 0 spiro atoms. The van der Waals surface area contributed by atoms with Crippen LogP contribution in [0.4, 0.5) is 10.5 Å². The van der Waals surface area contributed by atoms with Gasteiger partial charge in [-0.15, -0.1) is 0 Å². The SMILES string of the molecule is COc1ccc(NC(=O)NC(CN2CCCC2)c2ccccc2)cc1. The summed E-state index contributed by atoms with van der Waals surface area (Å²) >= 11 is 0. The van der Waals surface area contributed by atoms with Gasteiger partial charge in [-0.2, -0.15) is 0 Å². The first-order chi connectivity index (χ1) is 12.2. The Kier molecular flexibility index (Phi) is 5.90. The average Bonchev–Trinajstić information content (AvgIpc) is 3.16. The molecule has 1 saturated heterocycles. The average molecular weight is 339 g/mol. The molecule has 1 unspecified atom stereocenters. The van der Waals surface area contributed by atoms with E-state index in [2.05, 4.69) is 27.7 Å². The summed E-state index contributed by atoms with van der Waals surface area (Å²) in [6.45, 7) is 3.04. The normalized spacial score (nSPS) is 15.6. The predicted octanol–water partition coefficient (Wildman–Crippen LogP) is 3.65. The van der Waals surface area contributed by atoms with Crippen LogP contribution >= 0.6 is 0 Å². The van der Waals surface area contributed by atoms with Crippen molar-refractivity contribution in [3.8, 4) is 5.75 Å². The molecule has 0 radical (unpaired) electrons. The summed E-state index contributed by atoms with van der Waals surface area (Å²) in [6, 6.07) is 17.2. The van der Waals surface area contributed by atoms with Crippen molar-refractivity contribution in [3.05, 3.63) is 60.2 Å². The van der Waals surface area contributed by atoms with Gasteiger partial charge in [0.05, 0.1) is 13.2 Å². The van der Waals surface area contributed by atoms with E-state index in [0.717, 1.165) is 36.6 Å². The number of hydrogen-bond acceptors (Lipinski definition) is 3. The molecule has 1 aliphatic heterocycles. The molecule has 1 fully saturated rings. The van der Waals surface area contributed by atoms with Crippen LogP contribution in [0.2, 0.25) is 0 Å². The van der Waals surface area contributed by atoms with Crippen LogP contribution in [0.25, 0.3) is 0 Å². The number of nitrogens with zero attached hydrogens (tertiary/aromatic N) is 1. The minimum Gasteiger partial charge on any atom is -0.497 e. The number of urea groups is 1. The first-order valence-electron chi connectivity index (χ1n) is 8.73. The number of nitrogens with one attached hydrogen (secondary N) is 2. The number of carbonyl (C=O) groups is 1. The van der Waals surface area contributed by atoms with Crippen molar-refractivity contribution < 1.29 is 9.53 Å². The van der Waals surface area contributed by atoms with Gasteiger partial charge in [0, 0.05) is 12.2 Å². The Morgan fingerprint density at radius 2 is 1.76 bits per heavy atom. The van der Waals surface area contributed by atoms with Gasteiger partial charge < -0.3 is 20.3 Å². The Morgan fingerprint density at radius 1 is 1.08 bits per heavy atom. The molecule has 2 amide bonds. The van der Waals surface area contributed by atoms with Gasteiger partial charge >= 0.3 is 6.03 Å². The van der Waals surface area contributed by atoms with Crippen LogP contribution in [0.3, 0.4) is 0 Å².